The summed E-state index contributed by atoms with van der Waals surface area (Å²) in [6.45, 7) is 0. The van der Waals surface area contributed by atoms with Crippen LogP contribution in [0.15, 0.2) is 30.3 Å². The largest absolute Gasteiger partial charge is 0.451 e. The van der Waals surface area contributed by atoms with Gasteiger partial charge in [0.1, 0.15) is 5.75 Å². The van der Waals surface area contributed by atoms with E-state index in [4.69, 9.17) is 11.2 Å². The minimum absolute atomic E-state index is 0.0294. The fraction of sp³-hybridized carbons (Fsp3) is 0. The Balaban J connectivity index is 2.46. The number of ether oxygens (including phenoxy) is 1. The van der Waals surface area contributed by atoms with Gasteiger partial charge in [0.05, 0.1) is 0 Å². The summed E-state index contributed by atoms with van der Waals surface area (Å²) in [6, 6.07) is 5.81. The molecule has 2 aromatic carbocycles. The van der Waals surface area contributed by atoms with E-state index in [2.05, 4.69) is 5.92 Å². The Hall–Kier alpha value is -2.48. The van der Waals surface area contributed by atoms with Crippen molar-refractivity contribution in [2.24, 2.45) is 0 Å². The van der Waals surface area contributed by atoms with Crippen LogP contribution >= 0.6 is 0 Å². The van der Waals surface area contributed by atoms with E-state index in [1.165, 1.54) is 18.2 Å². The van der Waals surface area contributed by atoms with Crippen LogP contribution in [0.25, 0.3) is 0 Å². The third-order valence-corrected chi connectivity index (χ3v) is 2.29. The minimum Gasteiger partial charge on any atom is -0.451 e. The summed E-state index contributed by atoms with van der Waals surface area (Å²) in [6.07, 6.45) is 5.15. The SMILES string of the molecule is C#Cc1cccc(Oc2c(F)c(F)cc(F)c2F)c1. The summed E-state index contributed by atoms with van der Waals surface area (Å²) in [4.78, 5) is 0. The highest BCUT2D eigenvalue weighted by molar-refractivity contribution is 5.41. The molecule has 5 heteroatoms. The van der Waals surface area contributed by atoms with Crippen LogP contribution in [0.1, 0.15) is 5.56 Å². The molecular weight excluding hydrogens is 260 g/mol. The van der Waals surface area contributed by atoms with E-state index in [1.54, 1.807) is 6.07 Å². The van der Waals surface area contributed by atoms with E-state index in [9.17, 15) is 17.6 Å². The highest BCUT2D eigenvalue weighted by Gasteiger charge is 2.21. The Morgan fingerprint density at radius 1 is 0.947 bits per heavy atom. The smallest absolute Gasteiger partial charge is 0.204 e. The first kappa shape index (κ1) is 13.0. The van der Waals surface area contributed by atoms with E-state index in [1.807, 2.05) is 0 Å². The lowest BCUT2D eigenvalue weighted by Gasteiger charge is -2.09. The molecule has 0 atom stereocenters. The summed E-state index contributed by atoms with van der Waals surface area (Å²) in [5, 5.41) is 0. The number of hydrogen-bond acceptors (Lipinski definition) is 1. The lowest BCUT2D eigenvalue weighted by Crippen LogP contribution is -1.99. The van der Waals surface area contributed by atoms with Gasteiger partial charge >= 0.3 is 0 Å². The van der Waals surface area contributed by atoms with Crippen LogP contribution < -0.4 is 4.74 Å². The number of hydrogen-bond donors (Lipinski definition) is 0. The van der Waals surface area contributed by atoms with Crippen molar-refractivity contribution in [3.63, 3.8) is 0 Å². The average Bonchev–Trinajstić information content (AvgIpc) is 2.41. The summed E-state index contributed by atoms with van der Waals surface area (Å²) < 4.78 is 57.5. The lowest BCUT2D eigenvalue weighted by atomic mass is 10.2. The van der Waals surface area contributed by atoms with Gasteiger partial charge in [-0.15, -0.1) is 6.42 Å². The van der Waals surface area contributed by atoms with Crippen LogP contribution in [-0.4, -0.2) is 0 Å². The lowest BCUT2D eigenvalue weighted by molar-refractivity contribution is 0.366. The zero-order chi connectivity index (χ0) is 14.0. The molecule has 0 aliphatic heterocycles. The molecule has 0 unspecified atom stereocenters. The molecule has 0 aliphatic carbocycles. The van der Waals surface area contributed by atoms with Crippen molar-refractivity contribution < 1.29 is 22.3 Å². The minimum atomic E-state index is -1.61. The van der Waals surface area contributed by atoms with Gasteiger partial charge in [-0.2, -0.15) is 8.78 Å². The van der Waals surface area contributed by atoms with Crippen molar-refractivity contribution >= 4 is 0 Å². The fourth-order valence-corrected chi connectivity index (χ4v) is 1.41. The van der Waals surface area contributed by atoms with E-state index >= 15 is 0 Å². The number of rotatable bonds is 2. The van der Waals surface area contributed by atoms with Crippen molar-refractivity contribution in [2.45, 2.75) is 0 Å². The van der Waals surface area contributed by atoms with Gasteiger partial charge in [0.25, 0.3) is 0 Å². The molecule has 0 radical (unpaired) electrons. The molecule has 0 fully saturated rings. The van der Waals surface area contributed by atoms with Crippen molar-refractivity contribution in [1.82, 2.24) is 0 Å². The van der Waals surface area contributed by atoms with Gasteiger partial charge in [0.2, 0.25) is 17.4 Å². The molecule has 0 saturated carbocycles. The normalized spacial score (nSPS) is 10.1. The predicted molar refractivity (Wildman–Crippen MR) is 60.7 cm³/mol. The van der Waals surface area contributed by atoms with Gasteiger partial charge in [-0.3, -0.25) is 0 Å². The number of halogens is 4. The van der Waals surface area contributed by atoms with Gasteiger partial charge in [-0.1, -0.05) is 12.0 Å². The van der Waals surface area contributed by atoms with Crippen molar-refractivity contribution in [1.29, 1.82) is 0 Å². The van der Waals surface area contributed by atoms with E-state index in [0.717, 1.165) is 0 Å². The first-order valence-corrected chi connectivity index (χ1v) is 5.10. The molecule has 19 heavy (non-hydrogen) atoms. The highest BCUT2D eigenvalue weighted by Crippen LogP contribution is 2.31. The van der Waals surface area contributed by atoms with E-state index < -0.39 is 29.0 Å². The molecule has 0 N–H and O–H groups in total. The maximum absolute atomic E-state index is 13.4. The summed E-state index contributed by atoms with van der Waals surface area (Å²) in [5.74, 6) is -5.18. The Morgan fingerprint density at radius 3 is 2.16 bits per heavy atom. The van der Waals surface area contributed by atoms with Gasteiger partial charge < -0.3 is 4.74 Å². The Labute approximate surface area is 106 Å². The van der Waals surface area contributed by atoms with Gasteiger partial charge in [-0.25, -0.2) is 8.78 Å². The molecule has 0 aliphatic rings. The Morgan fingerprint density at radius 2 is 1.58 bits per heavy atom. The molecule has 0 bridgehead atoms. The molecule has 2 aromatic rings. The molecule has 96 valence electrons. The standard InChI is InChI=1S/C14H6F4O/c1-2-8-4-3-5-9(6-8)19-14-12(17)10(15)7-11(16)13(14)18/h1,3-7H. The quantitative estimate of drug-likeness (QED) is 0.453. The number of benzene rings is 2. The van der Waals surface area contributed by atoms with E-state index in [0.29, 0.717) is 5.56 Å². The second-order valence-electron chi connectivity index (χ2n) is 3.57. The molecular formula is C14H6F4O. The third-order valence-electron chi connectivity index (χ3n) is 2.29. The molecule has 0 aromatic heterocycles. The van der Waals surface area contributed by atoms with Crippen LogP contribution in [0.5, 0.6) is 11.5 Å². The third kappa shape index (κ3) is 2.52. The maximum atomic E-state index is 13.4. The summed E-state index contributed by atoms with van der Waals surface area (Å²) in [7, 11) is 0. The van der Waals surface area contributed by atoms with Crippen LogP contribution in [0.3, 0.4) is 0 Å². The molecule has 0 amide bonds. The Kier molecular flexibility index (Phi) is 3.43. The molecule has 2 rings (SSSR count). The first-order chi connectivity index (χ1) is 9.02. The fourth-order valence-electron chi connectivity index (χ4n) is 1.41. The first-order valence-electron chi connectivity index (χ1n) is 5.10. The molecule has 0 heterocycles. The van der Waals surface area contributed by atoms with Gasteiger partial charge in [0.15, 0.2) is 11.6 Å². The van der Waals surface area contributed by atoms with Crippen LogP contribution in [-0.2, 0) is 0 Å². The molecule has 0 spiro atoms. The monoisotopic (exact) mass is 266 g/mol. The van der Waals surface area contributed by atoms with E-state index in [-0.39, 0.29) is 11.8 Å². The zero-order valence-electron chi connectivity index (χ0n) is 9.38. The highest BCUT2D eigenvalue weighted by atomic mass is 19.2. The zero-order valence-corrected chi connectivity index (χ0v) is 9.38. The molecule has 0 saturated heterocycles. The number of terminal acetylenes is 1. The van der Waals surface area contributed by atoms with Crippen molar-refractivity contribution in [3.05, 3.63) is 59.2 Å². The van der Waals surface area contributed by atoms with Crippen LogP contribution in [0.4, 0.5) is 17.6 Å². The topological polar surface area (TPSA) is 9.23 Å². The van der Waals surface area contributed by atoms with Gasteiger partial charge in [-0.05, 0) is 18.2 Å². The van der Waals surface area contributed by atoms with Crippen molar-refractivity contribution in [3.8, 4) is 23.8 Å². The second kappa shape index (κ2) is 5.02. The Bertz CT molecular complexity index is 648. The molecule has 1 nitrogen and oxygen atoms in total. The van der Waals surface area contributed by atoms with Crippen LogP contribution in [0.2, 0.25) is 0 Å². The summed E-state index contributed by atoms with van der Waals surface area (Å²) >= 11 is 0. The van der Waals surface area contributed by atoms with Crippen molar-refractivity contribution in [2.75, 3.05) is 0 Å². The predicted octanol–water partition coefficient (Wildman–Crippen LogP) is 4.02. The average molecular weight is 266 g/mol. The van der Waals surface area contributed by atoms with Crippen LogP contribution in [0, 0.1) is 35.6 Å². The second-order valence-corrected chi connectivity index (χ2v) is 3.57. The summed E-state index contributed by atoms with van der Waals surface area (Å²) in [5.41, 5.74) is 0.398. The van der Waals surface area contributed by atoms with Gasteiger partial charge in [0, 0.05) is 11.6 Å². The maximum Gasteiger partial charge on any atom is 0.204 e.